The Labute approximate surface area is 227 Å². The van der Waals surface area contributed by atoms with Crippen LogP contribution < -0.4 is 15.4 Å². The van der Waals surface area contributed by atoms with Crippen molar-refractivity contribution in [2.75, 3.05) is 17.7 Å². The smallest absolute Gasteiger partial charge is 0.406 e. The molecule has 0 saturated carbocycles. The van der Waals surface area contributed by atoms with Gasteiger partial charge in [0.15, 0.2) is 6.10 Å². The number of carbonyl (C=O) groups excluding carboxylic acids is 1. The number of alkyl halides is 3. The maximum Gasteiger partial charge on any atom is 0.573 e. The van der Waals surface area contributed by atoms with Crippen LogP contribution in [0.4, 0.5) is 27.8 Å². The minimum absolute atomic E-state index is 0.0740. The molecule has 1 aliphatic carbocycles. The summed E-state index contributed by atoms with van der Waals surface area (Å²) in [6, 6.07) is 2.40. The fourth-order valence-electron chi connectivity index (χ4n) is 4.17. The highest BCUT2D eigenvalue weighted by Gasteiger charge is 2.52. The van der Waals surface area contributed by atoms with E-state index < -0.39 is 46.7 Å². The average molecular weight is 572 g/mol. The van der Waals surface area contributed by atoms with Gasteiger partial charge in [0.2, 0.25) is 10.3 Å². The first-order valence-electron chi connectivity index (χ1n) is 12.2. The highest BCUT2D eigenvalue weighted by atomic mass is 32.1. The molecular weight excluding hydrogens is 543 g/mol. The van der Waals surface area contributed by atoms with Crippen molar-refractivity contribution in [2.24, 2.45) is 0 Å². The van der Waals surface area contributed by atoms with Crippen molar-refractivity contribution in [2.45, 2.75) is 76.7 Å². The van der Waals surface area contributed by atoms with Gasteiger partial charge in [-0.2, -0.15) is 0 Å². The molecule has 2 N–H and O–H groups in total. The summed E-state index contributed by atoms with van der Waals surface area (Å²) in [5.41, 5.74) is -0.145. The Morgan fingerprint density at radius 3 is 2.44 bits per heavy atom. The van der Waals surface area contributed by atoms with E-state index in [1.807, 2.05) is 27.7 Å². The highest BCUT2D eigenvalue weighted by Crippen LogP contribution is 2.40. The number of aromatic nitrogens is 2. The van der Waals surface area contributed by atoms with E-state index in [2.05, 4.69) is 31.6 Å². The quantitative estimate of drug-likeness (QED) is 0.319. The van der Waals surface area contributed by atoms with E-state index in [1.165, 1.54) is 0 Å². The van der Waals surface area contributed by atoms with Crippen molar-refractivity contribution >= 4 is 34.6 Å². The zero-order valence-electron chi connectivity index (χ0n) is 22.0. The Bertz CT molecular complexity index is 1220. The van der Waals surface area contributed by atoms with Crippen LogP contribution in [0.3, 0.4) is 0 Å². The van der Waals surface area contributed by atoms with Crippen LogP contribution in [0, 0.1) is 5.82 Å². The Balaban J connectivity index is 1.35. The van der Waals surface area contributed by atoms with Crippen LogP contribution in [0.25, 0.3) is 0 Å². The number of nitrogens with one attached hydrogen (secondary N) is 2. The van der Waals surface area contributed by atoms with Gasteiger partial charge in [0, 0.05) is 18.7 Å². The second-order valence-corrected chi connectivity index (χ2v) is 11.2. The van der Waals surface area contributed by atoms with E-state index in [0.29, 0.717) is 11.6 Å². The third kappa shape index (κ3) is 6.88. The lowest BCUT2D eigenvalue weighted by Gasteiger charge is -2.32. The topological polar surface area (TPSA) is 104 Å². The predicted octanol–water partition coefficient (Wildman–Crippen LogP) is 5.42. The summed E-state index contributed by atoms with van der Waals surface area (Å²) in [6.45, 7) is 8.05. The Morgan fingerprint density at radius 1 is 1.18 bits per heavy atom. The van der Waals surface area contributed by atoms with Gasteiger partial charge in [-0.3, -0.25) is 10.1 Å². The van der Waals surface area contributed by atoms with Gasteiger partial charge in [0.1, 0.15) is 11.6 Å². The standard InChI is InChI=1S/C24H29BF4N4O5S/c1-22(2)23(3,4)38-25(37-22)13-6-8-14(9-7-13)30-20-32-33-21(39-20)31-19(34)18(35-5)16-12-15(10-11-17(16)26)36-24(27,28)29/h6,10-12,14,18H,7-9H2,1-5H3,(H,30,32)(H,31,33,34)/t14?,18-/m0/s1. The summed E-state index contributed by atoms with van der Waals surface area (Å²) in [4.78, 5) is 12.8. The molecule has 0 radical (unpaired) electrons. The van der Waals surface area contributed by atoms with E-state index in [4.69, 9.17) is 14.0 Å². The van der Waals surface area contributed by atoms with E-state index >= 15 is 0 Å². The molecule has 1 fully saturated rings. The summed E-state index contributed by atoms with van der Waals surface area (Å²) < 4.78 is 73.2. The molecule has 15 heteroatoms. The van der Waals surface area contributed by atoms with E-state index in [-0.39, 0.29) is 18.3 Å². The van der Waals surface area contributed by atoms with Gasteiger partial charge in [-0.15, -0.1) is 23.4 Å². The zero-order chi connectivity index (χ0) is 28.6. The van der Waals surface area contributed by atoms with Crippen molar-refractivity contribution in [3.63, 3.8) is 0 Å². The van der Waals surface area contributed by atoms with Gasteiger partial charge in [-0.1, -0.05) is 17.4 Å². The summed E-state index contributed by atoms with van der Waals surface area (Å²) in [6.07, 6.45) is -2.15. The minimum Gasteiger partial charge on any atom is -0.406 e. The summed E-state index contributed by atoms with van der Waals surface area (Å²) in [7, 11) is 0.751. The number of hydrogen-bond donors (Lipinski definition) is 2. The molecule has 2 heterocycles. The predicted molar refractivity (Wildman–Crippen MR) is 137 cm³/mol. The molecular formula is C24H29BF4N4O5S. The largest absolute Gasteiger partial charge is 0.573 e. The normalized spacial score (nSPS) is 21.3. The second kappa shape index (κ2) is 11.0. The summed E-state index contributed by atoms with van der Waals surface area (Å²) in [5.74, 6) is -2.45. The molecule has 1 aromatic heterocycles. The van der Waals surface area contributed by atoms with Gasteiger partial charge in [0.05, 0.1) is 11.2 Å². The second-order valence-electron chi connectivity index (χ2n) is 10.2. The van der Waals surface area contributed by atoms with Crippen LogP contribution in [0.2, 0.25) is 0 Å². The summed E-state index contributed by atoms with van der Waals surface area (Å²) in [5, 5.41) is 14.3. The molecule has 0 spiro atoms. The number of amides is 1. The van der Waals surface area contributed by atoms with Crippen molar-refractivity contribution in [1.82, 2.24) is 10.2 Å². The first kappa shape index (κ1) is 29.2. The van der Waals surface area contributed by atoms with Crippen molar-refractivity contribution < 1.29 is 41.1 Å². The molecule has 9 nitrogen and oxygen atoms in total. The van der Waals surface area contributed by atoms with Crippen LogP contribution in [-0.4, -0.2) is 53.9 Å². The SMILES string of the molecule is CO[C@H](C(=O)Nc1nnc(NC2CC=C(B3OC(C)(C)C(C)(C)O3)CC2)s1)c1cc(OC(F)(F)F)ccc1F. The number of halogens is 4. The van der Waals surface area contributed by atoms with E-state index in [9.17, 15) is 22.4 Å². The Kier molecular flexibility index (Phi) is 8.27. The van der Waals surface area contributed by atoms with Crippen molar-refractivity contribution in [1.29, 1.82) is 0 Å². The molecule has 2 aliphatic rings. The van der Waals surface area contributed by atoms with Gasteiger partial charge < -0.3 is 24.1 Å². The van der Waals surface area contributed by atoms with Gasteiger partial charge in [-0.05, 0) is 70.6 Å². The molecule has 212 valence electrons. The number of benzene rings is 1. The van der Waals surface area contributed by atoms with Crippen LogP contribution in [0.5, 0.6) is 5.75 Å². The third-order valence-electron chi connectivity index (χ3n) is 6.94. The summed E-state index contributed by atoms with van der Waals surface area (Å²) >= 11 is 1.06. The van der Waals surface area contributed by atoms with E-state index in [0.717, 1.165) is 55.0 Å². The molecule has 1 aliphatic heterocycles. The molecule has 1 unspecified atom stereocenters. The number of carbonyl (C=O) groups is 1. The number of hydrogen-bond acceptors (Lipinski definition) is 9. The maximum atomic E-state index is 14.4. The van der Waals surface area contributed by atoms with Crippen molar-refractivity contribution in [3.8, 4) is 5.75 Å². The monoisotopic (exact) mass is 572 g/mol. The molecule has 2 aromatic rings. The van der Waals surface area contributed by atoms with Crippen LogP contribution >= 0.6 is 11.3 Å². The third-order valence-corrected chi connectivity index (χ3v) is 7.71. The number of ether oxygens (including phenoxy) is 2. The number of nitrogens with zero attached hydrogens (tertiary/aromatic N) is 2. The lowest BCUT2D eigenvalue weighted by atomic mass is 9.72. The fraction of sp³-hybridized carbons (Fsp3) is 0.542. The molecule has 1 amide bonds. The fourth-order valence-corrected chi connectivity index (χ4v) is 4.89. The van der Waals surface area contributed by atoms with Gasteiger partial charge >= 0.3 is 13.5 Å². The number of allylic oxidation sites excluding steroid dienone is 1. The number of methoxy groups -OCH3 is 1. The van der Waals surface area contributed by atoms with Crippen molar-refractivity contribution in [3.05, 3.63) is 41.1 Å². The molecule has 39 heavy (non-hydrogen) atoms. The zero-order valence-corrected chi connectivity index (χ0v) is 22.8. The molecule has 2 atom stereocenters. The first-order chi connectivity index (χ1) is 18.2. The Morgan fingerprint density at radius 2 is 1.85 bits per heavy atom. The van der Waals surface area contributed by atoms with Crippen LogP contribution in [0.15, 0.2) is 29.7 Å². The minimum atomic E-state index is -4.97. The first-order valence-corrected chi connectivity index (χ1v) is 13.0. The van der Waals surface area contributed by atoms with Gasteiger partial charge in [-0.25, -0.2) is 4.39 Å². The molecule has 4 rings (SSSR count). The van der Waals surface area contributed by atoms with E-state index in [1.54, 1.807) is 0 Å². The number of rotatable bonds is 8. The average Bonchev–Trinajstić information content (AvgIpc) is 3.35. The molecule has 1 saturated heterocycles. The van der Waals surface area contributed by atoms with Crippen LogP contribution in [-0.2, 0) is 18.8 Å². The highest BCUT2D eigenvalue weighted by molar-refractivity contribution is 7.19. The Hall–Kier alpha value is -2.75. The molecule has 0 bridgehead atoms. The van der Waals surface area contributed by atoms with Crippen LogP contribution in [0.1, 0.15) is 58.6 Å². The van der Waals surface area contributed by atoms with Gasteiger partial charge in [0.25, 0.3) is 5.91 Å². The lowest BCUT2D eigenvalue weighted by Crippen LogP contribution is -2.41. The maximum absolute atomic E-state index is 14.4. The molecule has 1 aromatic carbocycles. The number of anilines is 2. The lowest BCUT2D eigenvalue weighted by molar-refractivity contribution is -0.274.